The van der Waals surface area contributed by atoms with Crippen molar-refractivity contribution in [2.75, 3.05) is 0 Å². The number of hydrogen-bond donors (Lipinski definition) is 2. The van der Waals surface area contributed by atoms with Gasteiger partial charge in [0.15, 0.2) is 0 Å². The third-order valence-electron chi connectivity index (χ3n) is 0.807. The lowest BCUT2D eigenvalue weighted by Gasteiger charge is -1.90. The lowest BCUT2D eigenvalue weighted by molar-refractivity contribution is 0.257. The first-order valence-electron chi connectivity index (χ1n) is 2.65. The number of carbonyl (C=O) groups excluding carboxylic acids is 1. The zero-order valence-corrected chi connectivity index (χ0v) is 6.60. The van der Waals surface area contributed by atoms with Crippen LogP contribution >= 0.6 is 0 Å². The van der Waals surface area contributed by atoms with Crippen molar-refractivity contribution in [2.24, 2.45) is 16.5 Å². The Labute approximate surface area is 67.4 Å². The molecule has 0 rings (SSSR count). The number of nitrogens with two attached hydrogens (primary N) is 2. The summed E-state index contributed by atoms with van der Waals surface area (Å²) in [5.41, 5.74) is 10.6. The van der Waals surface area contributed by atoms with Crippen LogP contribution in [0.4, 0.5) is 4.79 Å². The second kappa shape index (κ2) is 5.03. The van der Waals surface area contributed by atoms with Gasteiger partial charge in [-0.1, -0.05) is 5.28 Å². The number of aliphatic imine (C=N–C) groups is 1. The molecule has 0 aromatic rings. The van der Waals surface area contributed by atoms with Crippen LogP contribution in [0, 0.1) is 0 Å². The van der Waals surface area contributed by atoms with E-state index in [9.17, 15) is 4.79 Å². The fourth-order valence-electron chi connectivity index (χ4n) is 0.310. The van der Waals surface area contributed by atoms with Crippen LogP contribution in [0.1, 0.15) is 0 Å². The van der Waals surface area contributed by atoms with Crippen LogP contribution in [0.5, 0.6) is 0 Å². The maximum atomic E-state index is 10.1. The van der Waals surface area contributed by atoms with E-state index in [0.29, 0.717) is 5.28 Å². The van der Waals surface area contributed by atoms with E-state index in [1.54, 1.807) is 0 Å². The van der Waals surface area contributed by atoms with Crippen LogP contribution in [0.15, 0.2) is 16.8 Å². The second-order valence-corrected chi connectivity index (χ2v) is 1.95. The predicted octanol–water partition coefficient (Wildman–Crippen LogP) is -0.435. The van der Waals surface area contributed by atoms with Crippen molar-refractivity contribution in [2.45, 2.75) is 5.28 Å². The fourth-order valence-corrected chi connectivity index (χ4v) is 0.552. The van der Waals surface area contributed by atoms with E-state index in [-0.39, 0.29) is 0 Å². The molecule has 0 aromatic carbocycles. The van der Waals surface area contributed by atoms with E-state index in [2.05, 4.69) is 21.3 Å². The Balaban J connectivity index is 3.98. The third-order valence-corrected chi connectivity index (χ3v) is 1.28. The molecule has 10 heavy (non-hydrogen) atoms. The molecular formula is C5H8AlN3O. The van der Waals surface area contributed by atoms with Gasteiger partial charge in [0.2, 0.25) is 0 Å². The summed E-state index contributed by atoms with van der Waals surface area (Å²) in [5.74, 6) is 0. The molecule has 0 unspecified atom stereocenters. The Morgan fingerprint density at radius 1 is 1.70 bits per heavy atom. The molecule has 0 aliphatic carbocycles. The zero-order valence-electron chi connectivity index (χ0n) is 5.45. The first-order chi connectivity index (χ1) is 4.70. The summed E-state index contributed by atoms with van der Waals surface area (Å²) in [7, 11) is 0. The van der Waals surface area contributed by atoms with E-state index in [0.717, 1.165) is 5.57 Å². The monoisotopic (exact) mass is 153 g/mol. The molecular weight excluding hydrogens is 145 g/mol. The average Bonchev–Trinajstić information content (AvgIpc) is 1.90. The van der Waals surface area contributed by atoms with E-state index in [1.165, 1.54) is 12.4 Å². The maximum Gasteiger partial charge on any atom is 0.338 e. The van der Waals surface area contributed by atoms with Crippen LogP contribution in [-0.2, 0) is 0 Å². The number of urea groups is 1. The van der Waals surface area contributed by atoms with Crippen molar-refractivity contribution in [1.82, 2.24) is 0 Å². The number of allylic oxidation sites excluding steroid dienone is 1. The number of hydrogen-bond acceptors (Lipinski definition) is 2. The molecule has 0 fully saturated rings. The van der Waals surface area contributed by atoms with Crippen LogP contribution in [0.25, 0.3) is 0 Å². The fraction of sp³-hybridized carbons (Fsp3) is 0.200. The molecule has 0 aliphatic heterocycles. The summed E-state index contributed by atoms with van der Waals surface area (Å²) >= 11 is 2.45. The summed E-state index contributed by atoms with van der Waals surface area (Å²) in [5, 5.41) is 0.660. The van der Waals surface area contributed by atoms with Crippen LogP contribution in [-0.4, -0.2) is 28.5 Å². The predicted molar refractivity (Wildman–Crippen MR) is 40.9 cm³/mol. The summed E-state index contributed by atoms with van der Waals surface area (Å²) in [6.45, 7) is 0. The van der Waals surface area contributed by atoms with Crippen LogP contribution < -0.4 is 11.5 Å². The van der Waals surface area contributed by atoms with E-state index >= 15 is 0 Å². The van der Waals surface area contributed by atoms with Gasteiger partial charge in [-0.2, -0.15) is 0 Å². The van der Waals surface area contributed by atoms with Crippen molar-refractivity contribution in [3.8, 4) is 0 Å². The minimum atomic E-state index is -0.710. The lowest BCUT2D eigenvalue weighted by Crippen LogP contribution is -2.04. The lowest BCUT2D eigenvalue weighted by atomic mass is 10.4. The molecule has 2 amide bonds. The quantitative estimate of drug-likeness (QED) is 0.416. The van der Waals surface area contributed by atoms with Gasteiger partial charge in [0, 0.05) is 6.21 Å². The molecule has 2 radical (unpaired) electrons. The van der Waals surface area contributed by atoms with Crippen LogP contribution in [0.2, 0.25) is 5.28 Å². The Bertz CT molecular complexity index is 176. The van der Waals surface area contributed by atoms with Gasteiger partial charge in [-0.3, -0.25) is 0 Å². The number of rotatable bonds is 2. The molecule has 4 N–H and O–H groups in total. The van der Waals surface area contributed by atoms with Crippen molar-refractivity contribution in [3.63, 3.8) is 0 Å². The van der Waals surface area contributed by atoms with Gasteiger partial charge in [0.1, 0.15) is 16.3 Å². The second-order valence-electron chi connectivity index (χ2n) is 1.54. The molecule has 0 atom stereocenters. The topological polar surface area (TPSA) is 81.5 Å². The van der Waals surface area contributed by atoms with Gasteiger partial charge in [-0.05, 0) is 11.8 Å². The SMILES string of the molecule is N/C=C(\C=N\C(N)=O)[CH2][Al]. The van der Waals surface area contributed by atoms with Gasteiger partial charge in [-0.25, -0.2) is 9.79 Å². The Hall–Kier alpha value is -0.788. The molecule has 4 nitrogen and oxygen atoms in total. The highest BCUT2D eigenvalue weighted by Gasteiger charge is 1.86. The molecule has 0 spiro atoms. The number of carbonyl (C=O) groups is 1. The van der Waals surface area contributed by atoms with Crippen molar-refractivity contribution < 1.29 is 4.79 Å². The van der Waals surface area contributed by atoms with Gasteiger partial charge >= 0.3 is 6.03 Å². The Morgan fingerprint density at radius 2 is 2.30 bits per heavy atom. The van der Waals surface area contributed by atoms with E-state index in [4.69, 9.17) is 11.5 Å². The molecule has 0 saturated heterocycles. The van der Waals surface area contributed by atoms with Gasteiger partial charge in [0.25, 0.3) is 0 Å². The molecule has 0 saturated carbocycles. The van der Waals surface area contributed by atoms with Crippen LogP contribution in [0.3, 0.4) is 0 Å². The highest BCUT2D eigenvalue weighted by molar-refractivity contribution is 6.13. The minimum Gasteiger partial charge on any atom is -0.404 e. The summed E-state index contributed by atoms with van der Waals surface area (Å²) in [6, 6.07) is -0.710. The van der Waals surface area contributed by atoms with E-state index < -0.39 is 6.03 Å². The smallest absolute Gasteiger partial charge is 0.338 e. The van der Waals surface area contributed by atoms with E-state index in [1.807, 2.05) is 0 Å². The Kier molecular flexibility index (Phi) is 4.64. The highest BCUT2D eigenvalue weighted by atomic mass is 27.0. The molecule has 0 aromatic heterocycles. The molecule has 52 valence electrons. The first-order valence-corrected chi connectivity index (χ1v) is 3.46. The summed E-state index contributed by atoms with van der Waals surface area (Å²) in [4.78, 5) is 13.4. The molecule has 0 aliphatic rings. The minimum absolute atomic E-state index is 0.660. The highest BCUT2D eigenvalue weighted by Crippen LogP contribution is 1.90. The number of primary amides is 1. The third kappa shape index (κ3) is 4.13. The van der Waals surface area contributed by atoms with Crippen molar-refractivity contribution in [3.05, 3.63) is 11.8 Å². The molecule has 5 heteroatoms. The molecule has 0 bridgehead atoms. The van der Waals surface area contributed by atoms with Crippen molar-refractivity contribution >= 4 is 28.5 Å². The summed E-state index contributed by atoms with van der Waals surface area (Å²) < 4.78 is 0. The zero-order chi connectivity index (χ0) is 7.98. The Morgan fingerprint density at radius 3 is 2.60 bits per heavy atom. The first kappa shape index (κ1) is 9.21. The number of amides is 2. The number of nitrogens with zero attached hydrogens (tertiary/aromatic N) is 1. The molecule has 0 heterocycles. The van der Waals surface area contributed by atoms with Gasteiger partial charge in [-0.15, -0.1) is 0 Å². The van der Waals surface area contributed by atoms with Crippen molar-refractivity contribution in [1.29, 1.82) is 0 Å². The largest absolute Gasteiger partial charge is 0.404 e. The van der Waals surface area contributed by atoms with Gasteiger partial charge in [0.05, 0.1) is 0 Å². The maximum absolute atomic E-state index is 10.1. The van der Waals surface area contributed by atoms with Gasteiger partial charge < -0.3 is 11.5 Å². The average molecular weight is 153 g/mol. The standard InChI is InChI=1S/C5H8N3O.Al/c1-4(2-6)3-8-5(7)9;/h2-3H,1,6H2,(H2,7,9);/b4-2-,8-3+;. The normalized spacial score (nSPS) is 12.2. The summed E-state index contributed by atoms with van der Waals surface area (Å²) in [6.07, 6.45) is 2.72.